The van der Waals surface area contributed by atoms with Crippen molar-refractivity contribution in [2.24, 2.45) is 5.92 Å². The molecule has 1 heterocycles. The van der Waals surface area contributed by atoms with Gasteiger partial charge in [-0.15, -0.1) is 12.4 Å². The Morgan fingerprint density at radius 2 is 2.20 bits per heavy atom. The molecule has 4 rings (SSSR count). The lowest BCUT2D eigenvalue weighted by molar-refractivity contribution is 0.146. The van der Waals surface area contributed by atoms with Crippen LogP contribution in [-0.2, 0) is 11.8 Å². The molecule has 2 bridgehead atoms. The third-order valence-corrected chi connectivity index (χ3v) is 5.44. The Morgan fingerprint density at radius 1 is 1.30 bits per heavy atom. The molecule has 0 saturated carbocycles. The first-order chi connectivity index (χ1) is 9.33. The first-order valence-electron chi connectivity index (χ1n) is 7.41. The Balaban J connectivity index is 0.00000121. The molecule has 2 aliphatic carbocycles. The van der Waals surface area contributed by atoms with Gasteiger partial charge in [-0.1, -0.05) is 18.2 Å². The molecule has 1 N–H and O–H groups in total. The number of hydrogen-bond donors (Lipinski definition) is 1. The predicted molar refractivity (Wildman–Crippen MR) is 83.9 cm³/mol. The topological polar surface area (TPSA) is 21.3 Å². The van der Waals surface area contributed by atoms with Gasteiger partial charge in [0.05, 0.1) is 7.11 Å². The zero-order valence-corrected chi connectivity index (χ0v) is 12.7. The molecule has 3 aliphatic rings. The van der Waals surface area contributed by atoms with E-state index in [9.17, 15) is 0 Å². The van der Waals surface area contributed by atoms with Crippen LogP contribution in [-0.4, -0.2) is 19.7 Å². The van der Waals surface area contributed by atoms with Gasteiger partial charge in [-0.25, -0.2) is 0 Å². The van der Waals surface area contributed by atoms with E-state index in [-0.39, 0.29) is 12.4 Å². The highest BCUT2D eigenvalue weighted by atomic mass is 35.5. The van der Waals surface area contributed by atoms with Crippen LogP contribution in [0.4, 0.5) is 0 Å². The van der Waals surface area contributed by atoms with Gasteiger partial charge in [0.1, 0.15) is 5.75 Å². The largest absolute Gasteiger partial charge is 0.497 e. The lowest BCUT2D eigenvalue weighted by Crippen LogP contribution is -2.58. The Hall–Kier alpha value is -0.990. The predicted octanol–water partition coefficient (Wildman–Crippen LogP) is 3.24. The molecule has 0 radical (unpaired) electrons. The Morgan fingerprint density at radius 3 is 3.05 bits per heavy atom. The molecule has 0 unspecified atom stereocenters. The molecule has 1 aliphatic heterocycles. The van der Waals surface area contributed by atoms with Crippen LogP contribution in [0.15, 0.2) is 30.4 Å². The summed E-state index contributed by atoms with van der Waals surface area (Å²) in [6, 6.07) is 7.34. The average molecular weight is 292 g/mol. The molecule has 1 saturated heterocycles. The number of rotatable bonds is 1. The summed E-state index contributed by atoms with van der Waals surface area (Å²) in [5, 5.41) is 3.73. The maximum absolute atomic E-state index is 5.46. The molecule has 0 amide bonds. The van der Waals surface area contributed by atoms with Crippen LogP contribution >= 0.6 is 12.4 Å². The van der Waals surface area contributed by atoms with Crippen LogP contribution in [0.2, 0.25) is 0 Å². The molecule has 1 aromatic rings. The van der Waals surface area contributed by atoms with E-state index in [0.29, 0.717) is 17.4 Å². The summed E-state index contributed by atoms with van der Waals surface area (Å²) >= 11 is 0. The highest BCUT2D eigenvalue weighted by Crippen LogP contribution is 2.52. The van der Waals surface area contributed by atoms with Crippen molar-refractivity contribution in [2.45, 2.75) is 37.1 Å². The van der Waals surface area contributed by atoms with Crippen molar-refractivity contribution in [3.05, 3.63) is 41.5 Å². The second kappa shape index (κ2) is 5.09. The van der Waals surface area contributed by atoms with E-state index in [1.54, 1.807) is 12.7 Å². The Bertz CT molecular complexity index is 542. The lowest BCUT2D eigenvalue weighted by Gasteiger charge is -2.54. The van der Waals surface area contributed by atoms with Gasteiger partial charge < -0.3 is 10.1 Å². The van der Waals surface area contributed by atoms with Crippen LogP contribution < -0.4 is 10.1 Å². The second-order valence-corrected chi connectivity index (χ2v) is 6.19. The second-order valence-electron chi connectivity index (χ2n) is 6.19. The number of methoxy groups -OCH3 is 1. The standard InChI is InChI=1S/C17H21NO.ClH/c1-19-13-6-5-12-10-16-14-4-2-3-7-17(14,8-9-18-16)15(12)11-13;/h2,4-6,11,14,16,18H,3,7-10H2,1H3;1H/t14-,16-,17-;/m0./s1. The van der Waals surface area contributed by atoms with Crippen LogP contribution in [0.3, 0.4) is 0 Å². The number of allylic oxidation sites excluding steroid dienone is 1. The fourth-order valence-electron chi connectivity index (χ4n) is 4.56. The normalized spacial score (nSPS) is 33.6. The highest BCUT2D eigenvalue weighted by molar-refractivity contribution is 5.85. The monoisotopic (exact) mass is 291 g/mol. The quantitative estimate of drug-likeness (QED) is 0.802. The molecule has 108 valence electrons. The van der Waals surface area contributed by atoms with E-state index >= 15 is 0 Å². The number of ether oxygens (including phenoxy) is 1. The summed E-state index contributed by atoms with van der Waals surface area (Å²) in [5.41, 5.74) is 3.47. The van der Waals surface area contributed by atoms with Crippen molar-refractivity contribution in [1.29, 1.82) is 0 Å². The Labute approximate surface area is 127 Å². The summed E-state index contributed by atoms with van der Waals surface area (Å²) in [6.45, 7) is 1.16. The van der Waals surface area contributed by atoms with Gasteiger partial charge in [-0.05, 0) is 55.5 Å². The number of benzene rings is 1. The smallest absolute Gasteiger partial charge is 0.119 e. The van der Waals surface area contributed by atoms with Crippen molar-refractivity contribution in [3.8, 4) is 5.75 Å². The first kappa shape index (κ1) is 14.0. The molecule has 2 nitrogen and oxygen atoms in total. The third kappa shape index (κ3) is 1.82. The minimum absolute atomic E-state index is 0. The van der Waals surface area contributed by atoms with Gasteiger partial charge in [-0.2, -0.15) is 0 Å². The summed E-state index contributed by atoms with van der Waals surface area (Å²) < 4.78 is 5.46. The van der Waals surface area contributed by atoms with E-state index in [2.05, 4.69) is 35.7 Å². The number of halogens is 1. The van der Waals surface area contributed by atoms with Crippen molar-refractivity contribution < 1.29 is 4.74 Å². The molecule has 1 fully saturated rings. The molecule has 3 atom stereocenters. The van der Waals surface area contributed by atoms with Crippen LogP contribution in [0.1, 0.15) is 30.4 Å². The van der Waals surface area contributed by atoms with Crippen molar-refractivity contribution >= 4 is 12.4 Å². The summed E-state index contributed by atoms with van der Waals surface area (Å²) in [4.78, 5) is 0. The zero-order chi connectivity index (χ0) is 12.9. The van der Waals surface area contributed by atoms with Gasteiger partial charge >= 0.3 is 0 Å². The maximum atomic E-state index is 5.46. The number of piperidine rings is 1. The van der Waals surface area contributed by atoms with Crippen molar-refractivity contribution in [1.82, 2.24) is 5.32 Å². The van der Waals surface area contributed by atoms with Crippen molar-refractivity contribution in [2.75, 3.05) is 13.7 Å². The van der Waals surface area contributed by atoms with Crippen molar-refractivity contribution in [3.63, 3.8) is 0 Å². The van der Waals surface area contributed by atoms with E-state index in [1.165, 1.54) is 24.8 Å². The van der Waals surface area contributed by atoms with Gasteiger partial charge in [0.2, 0.25) is 0 Å². The molecule has 0 aromatic heterocycles. The Kier molecular flexibility index (Phi) is 3.55. The molecule has 3 heteroatoms. The van der Waals surface area contributed by atoms with E-state index in [4.69, 9.17) is 4.74 Å². The zero-order valence-electron chi connectivity index (χ0n) is 11.9. The minimum Gasteiger partial charge on any atom is -0.497 e. The number of nitrogens with one attached hydrogen (secondary N) is 1. The average Bonchev–Trinajstić information content (AvgIpc) is 2.47. The van der Waals surface area contributed by atoms with E-state index in [1.807, 2.05) is 0 Å². The molecular formula is C17H22ClNO. The first-order valence-corrected chi connectivity index (χ1v) is 7.41. The maximum Gasteiger partial charge on any atom is 0.119 e. The summed E-state index contributed by atoms with van der Waals surface area (Å²) in [5.74, 6) is 1.69. The van der Waals surface area contributed by atoms with Crippen LogP contribution in [0.25, 0.3) is 0 Å². The molecule has 1 aromatic carbocycles. The van der Waals surface area contributed by atoms with E-state index in [0.717, 1.165) is 18.7 Å². The highest BCUT2D eigenvalue weighted by Gasteiger charge is 2.50. The van der Waals surface area contributed by atoms with Gasteiger partial charge in [0.25, 0.3) is 0 Å². The van der Waals surface area contributed by atoms with Crippen LogP contribution in [0, 0.1) is 5.92 Å². The third-order valence-electron chi connectivity index (χ3n) is 5.44. The number of fused-ring (bicyclic) bond motifs is 1. The van der Waals surface area contributed by atoms with Crippen LogP contribution in [0.5, 0.6) is 5.75 Å². The van der Waals surface area contributed by atoms with Gasteiger partial charge in [0.15, 0.2) is 0 Å². The fraction of sp³-hybridized carbons (Fsp3) is 0.529. The summed E-state index contributed by atoms with van der Waals surface area (Å²) in [6.07, 6.45) is 9.80. The fourth-order valence-corrected chi connectivity index (χ4v) is 4.56. The summed E-state index contributed by atoms with van der Waals surface area (Å²) in [7, 11) is 1.77. The molecule has 0 spiro atoms. The number of hydrogen-bond acceptors (Lipinski definition) is 2. The SMILES string of the molecule is COc1ccc2c(c1)[C@]13CCC=C[C@H]1[C@H](C2)NCC3.Cl. The van der Waals surface area contributed by atoms with Gasteiger partial charge in [0, 0.05) is 17.4 Å². The van der Waals surface area contributed by atoms with E-state index < -0.39 is 0 Å². The molecular weight excluding hydrogens is 270 g/mol. The lowest BCUT2D eigenvalue weighted by atomic mass is 9.54. The molecule has 20 heavy (non-hydrogen) atoms. The van der Waals surface area contributed by atoms with Gasteiger partial charge in [-0.3, -0.25) is 0 Å². The minimum atomic E-state index is 0.